The van der Waals surface area contributed by atoms with Gasteiger partial charge in [-0.05, 0) is 44.9 Å². The number of ether oxygens (including phenoxy) is 3. The third-order valence-corrected chi connectivity index (χ3v) is 14.0. The SMILES string of the molecule is CCCCCCCCCC/C=C\CCCCCCCCCCCCCCCC(=O)OCC(COC(=O)CCCCCCCCCC)OC(=O)CCCCCCCCCCCCCCCCCCC. The maximum absolute atomic E-state index is 12.8. The molecule has 6 nitrogen and oxygen atoms in total. The molecule has 1 atom stereocenters. The van der Waals surface area contributed by atoms with Crippen LogP contribution in [0.25, 0.3) is 0 Å². The first-order valence-corrected chi connectivity index (χ1v) is 30.7. The van der Waals surface area contributed by atoms with Crippen molar-refractivity contribution in [3.8, 4) is 0 Å². The highest BCUT2D eigenvalue weighted by Gasteiger charge is 2.19. The van der Waals surface area contributed by atoms with Crippen LogP contribution in [0.4, 0.5) is 0 Å². The van der Waals surface area contributed by atoms with Crippen molar-refractivity contribution in [2.75, 3.05) is 13.2 Å². The molecule has 1 unspecified atom stereocenters. The number of carbonyl (C=O) groups excluding carboxylic acids is 3. The van der Waals surface area contributed by atoms with Crippen LogP contribution in [-0.4, -0.2) is 37.2 Å². The Morgan fingerprint density at radius 2 is 0.485 bits per heavy atom. The molecule has 0 saturated heterocycles. The number of allylic oxidation sites excluding steroid dienone is 2. The molecule has 0 aromatic heterocycles. The van der Waals surface area contributed by atoms with Gasteiger partial charge in [0.05, 0.1) is 0 Å². The van der Waals surface area contributed by atoms with E-state index in [1.807, 2.05) is 0 Å². The standard InChI is InChI=1S/C62H118O6/c1-4-7-10-13-16-19-21-23-25-27-28-29-30-31-32-33-34-36-37-39-41-43-46-49-52-55-61(64)67-58-59(57-66-60(63)54-51-48-45-18-15-12-9-6-3)68-62(65)56-53-50-47-44-42-40-38-35-26-24-22-20-17-14-11-8-5-2/h27-28,59H,4-26,29-58H2,1-3H3/b28-27-. The number of rotatable bonds is 57. The first-order chi connectivity index (χ1) is 33.5. The molecular formula is C62H118O6. The third kappa shape index (κ3) is 55.1. The second-order valence-corrected chi connectivity index (χ2v) is 21.0. The summed E-state index contributed by atoms with van der Waals surface area (Å²) in [5.74, 6) is -0.843. The summed E-state index contributed by atoms with van der Waals surface area (Å²) in [5.41, 5.74) is 0. The zero-order valence-corrected chi connectivity index (χ0v) is 46.2. The largest absolute Gasteiger partial charge is 0.462 e. The van der Waals surface area contributed by atoms with Gasteiger partial charge in [0.1, 0.15) is 13.2 Å². The lowest BCUT2D eigenvalue weighted by Crippen LogP contribution is -2.30. The molecule has 0 saturated carbocycles. The van der Waals surface area contributed by atoms with Crippen LogP contribution < -0.4 is 0 Å². The van der Waals surface area contributed by atoms with Crippen molar-refractivity contribution in [1.82, 2.24) is 0 Å². The quantitative estimate of drug-likeness (QED) is 0.0262. The van der Waals surface area contributed by atoms with Gasteiger partial charge >= 0.3 is 17.9 Å². The molecule has 6 heteroatoms. The van der Waals surface area contributed by atoms with E-state index in [9.17, 15) is 14.4 Å². The number of esters is 3. The first-order valence-electron chi connectivity index (χ1n) is 30.7. The molecule has 0 aromatic rings. The van der Waals surface area contributed by atoms with Crippen molar-refractivity contribution >= 4 is 17.9 Å². The summed E-state index contributed by atoms with van der Waals surface area (Å²) in [7, 11) is 0. The predicted molar refractivity (Wildman–Crippen MR) is 293 cm³/mol. The van der Waals surface area contributed by atoms with Crippen LogP contribution in [0, 0.1) is 0 Å². The molecule has 0 radical (unpaired) electrons. The molecule has 68 heavy (non-hydrogen) atoms. The van der Waals surface area contributed by atoms with Gasteiger partial charge in [0, 0.05) is 19.3 Å². The summed E-state index contributed by atoms with van der Waals surface area (Å²) in [5, 5.41) is 0. The van der Waals surface area contributed by atoms with Crippen LogP contribution in [-0.2, 0) is 28.6 Å². The fraction of sp³-hybridized carbons (Fsp3) is 0.919. The van der Waals surface area contributed by atoms with Crippen LogP contribution in [0.2, 0.25) is 0 Å². The number of carbonyl (C=O) groups is 3. The Labute approximate surface area is 424 Å². The molecule has 0 aliphatic rings. The number of hydrogen-bond acceptors (Lipinski definition) is 6. The van der Waals surface area contributed by atoms with Crippen molar-refractivity contribution in [3.05, 3.63) is 12.2 Å². The number of unbranched alkanes of at least 4 members (excludes halogenated alkanes) is 44. The summed E-state index contributed by atoms with van der Waals surface area (Å²) >= 11 is 0. The Bertz CT molecular complexity index is 1060. The maximum Gasteiger partial charge on any atom is 0.306 e. The van der Waals surface area contributed by atoms with Crippen molar-refractivity contribution in [1.29, 1.82) is 0 Å². The maximum atomic E-state index is 12.8. The van der Waals surface area contributed by atoms with Crippen molar-refractivity contribution in [3.63, 3.8) is 0 Å². The third-order valence-electron chi connectivity index (χ3n) is 14.0. The Morgan fingerprint density at radius 1 is 0.279 bits per heavy atom. The first kappa shape index (κ1) is 66.2. The molecule has 0 fully saturated rings. The lowest BCUT2D eigenvalue weighted by atomic mass is 10.0. The van der Waals surface area contributed by atoms with E-state index in [1.165, 1.54) is 250 Å². The summed E-state index contributed by atoms with van der Waals surface area (Å²) in [6.07, 6.45) is 66.6. The van der Waals surface area contributed by atoms with Crippen LogP contribution >= 0.6 is 0 Å². The van der Waals surface area contributed by atoms with Gasteiger partial charge in [-0.25, -0.2) is 0 Å². The molecule has 0 amide bonds. The zero-order valence-electron chi connectivity index (χ0n) is 46.2. The fourth-order valence-electron chi connectivity index (χ4n) is 9.38. The van der Waals surface area contributed by atoms with Crippen molar-refractivity contribution in [2.45, 2.75) is 354 Å². The molecule has 402 valence electrons. The molecule has 0 spiro atoms. The molecule has 0 aliphatic carbocycles. The van der Waals surface area contributed by atoms with E-state index in [1.54, 1.807) is 0 Å². The average Bonchev–Trinajstić information content (AvgIpc) is 3.34. The minimum Gasteiger partial charge on any atom is -0.462 e. The lowest BCUT2D eigenvalue weighted by Gasteiger charge is -2.18. The van der Waals surface area contributed by atoms with Gasteiger partial charge in [-0.3, -0.25) is 14.4 Å². The van der Waals surface area contributed by atoms with E-state index in [-0.39, 0.29) is 31.1 Å². The smallest absolute Gasteiger partial charge is 0.306 e. The van der Waals surface area contributed by atoms with Gasteiger partial charge in [-0.2, -0.15) is 0 Å². The van der Waals surface area contributed by atoms with E-state index in [0.717, 1.165) is 57.8 Å². The Kier molecular flexibility index (Phi) is 56.2. The number of hydrogen-bond donors (Lipinski definition) is 0. The predicted octanol–water partition coefficient (Wildman–Crippen LogP) is 20.5. The van der Waals surface area contributed by atoms with Crippen molar-refractivity contribution < 1.29 is 28.6 Å². The van der Waals surface area contributed by atoms with E-state index < -0.39 is 6.10 Å². The van der Waals surface area contributed by atoms with Crippen LogP contribution in [0.1, 0.15) is 348 Å². The van der Waals surface area contributed by atoms with E-state index in [4.69, 9.17) is 14.2 Å². The Balaban J connectivity index is 4.11. The van der Waals surface area contributed by atoms with Gasteiger partial charge in [-0.15, -0.1) is 0 Å². The molecule has 0 heterocycles. The van der Waals surface area contributed by atoms with E-state index in [2.05, 4.69) is 32.9 Å². The summed E-state index contributed by atoms with van der Waals surface area (Å²) in [6.45, 7) is 6.67. The molecule has 0 rings (SSSR count). The second-order valence-electron chi connectivity index (χ2n) is 21.0. The summed E-state index contributed by atoms with van der Waals surface area (Å²) in [6, 6.07) is 0. The van der Waals surface area contributed by atoms with E-state index >= 15 is 0 Å². The molecule has 0 aliphatic heterocycles. The van der Waals surface area contributed by atoms with Gasteiger partial charge < -0.3 is 14.2 Å². The fourth-order valence-corrected chi connectivity index (χ4v) is 9.38. The van der Waals surface area contributed by atoms with E-state index in [0.29, 0.717) is 19.3 Å². The summed E-state index contributed by atoms with van der Waals surface area (Å²) in [4.78, 5) is 38.0. The monoisotopic (exact) mass is 959 g/mol. The Morgan fingerprint density at radius 3 is 0.735 bits per heavy atom. The highest BCUT2D eigenvalue weighted by Crippen LogP contribution is 2.18. The van der Waals surface area contributed by atoms with Gasteiger partial charge in [0.2, 0.25) is 0 Å². The van der Waals surface area contributed by atoms with Crippen molar-refractivity contribution in [2.24, 2.45) is 0 Å². The minimum atomic E-state index is -0.763. The Hall–Kier alpha value is -1.85. The zero-order chi connectivity index (χ0) is 49.3. The van der Waals surface area contributed by atoms with Crippen LogP contribution in [0.3, 0.4) is 0 Å². The topological polar surface area (TPSA) is 78.9 Å². The summed E-state index contributed by atoms with van der Waals surface area (Å²) < 4.78 is 16.8. The van der Waals surface area contributed by atoms with Gasteiger partial charge in [-0.1, -0.05) is 296 Å². The molecule has 0 aromatic carbocycles. The van der Waals surface area contributed by atoms with Crippen LogP contribution in [0.15, 0.2) is 12.2 Å². The lowest BCUT2D eigenvalue weighted by molar-refractivity contribution is -0.167. The van der Waals surface area contributed by atoms with Gasteiger partial charge in [0.15, 0.2) is 6.10 Å². The minimum absolute atomic E-state index is 0.0640. The second kappa shape index (κ2) is 57.7. The highest BCUT2D eigenvalue weighted by atomic mass is 16.6. The molecule has 0 bridgehead atoms. The normalized spacial score (nSPS) is 12.0. The molecule has 0 N–H and O–H groups in total. The molecular weight excluding hydrogens is 841 g/mol. The van der Waals surface area contributed by atoms with Gasteiger partial charge in [0.25, 0.3) is 0 Å². The highest BCUT2D eigenvalue weighted by molar-refractivity contribution is 5.71. The average molecular weight is 960 g/mol. The van der Waals surface area contributed by atoms with Crippen LogP contribution in [0.5, 0.6) is 0 Å².